The van der Waals surface area contributed by atoms with E-state index >= 15 is 0 Å². The smallest absolute Gasteiger partial charge is 0.231 e. The molecule has 1 aromatic carbocycles. The molecule has 1 aliphatic heterocycles. The molecule has 132 valence electrons. The highest BCUT2D eigenvalue weighted by molar-refractivity contribution is 14.0. The Morgan fingerprint density at radius 1 is 1.09 bits per heavy atom. The Kier molecular flexibility index (Phi) is 10.2. The van der Waals surface area contributed by atoms with Crippen LogP contribution in [0, 0.1) is 0 Å². The standard InChI is InChI=1S/C18H28O3S.HI/c1-3-4-5-6-7-8-11-22(19)15(2)12-16-9-10-17-18(13-16)21-14-20-17;/h9-10,13,15H,3-8,11-12,14H2,1-2H3;1H. The first kappa shape index (κ1) is 20.7. The van der Waals surface area contributed by atoms with Crippen LogP contribution in [0.25, 0.3) is 0 Å². The first-order chi connectivity index (χ1) is 10.7. The molecule has 0 radical (unpaired) electrons. The Bertz CT molecular complexity index is 493. The predicted octanol–water partition coefficient (Wildman–Crippen LogP) is 5.07. The zero-order valence-corrected chi connectivity index (χ0v) is 17.4. The highest BCUT2D eigenvalue weighted by Gasteiger charge is 2.16. The Labute approximate surface area is 160 Å². The molecule has 2 rings (SSSR count). The molecule has 0 bridgehead atoms. The Balaban J connectivity index is 0.00000264. The lowest BCUT2D eigenvalue weighted by molar-refractivity contribution is 0.174. The van der Waals surface area contributed by atoms with Gasteiger partial charge in [-0.1, -0.05) is 52.0 Å². The number of hydrogen-bond donors (Lipinski definition) is 0. The van der Waals surface area contributed by atoms with E-state index in [0.717, 1.165) is 30.1 Å². The fourth-order valence-electron chi connectivity index (χ4n) is 2.72. The van der Waals surface area contributed by atoms with Crippen LogP contribution in [-0.2, 0) is 17.2 Å². The van der Waals surface area contributed by atoms with Crippen molar-refractivity contribution in [2.75, 3.05) is 12.5 Å². The molecule has 0 spiro atoms. The van der Waals surface area contributed by atoms with Crippen LogP contribution in [0.1, 0.15) is 57.9 Å². The zero-order valence-electron chi connectivity index (χ0n) is 14.2. The average Bonchev–Trinajstić information content (AvgIpc) is 2.98. The number of ether oxygens (including phenoxy) is 2. The van der Waals surface area contributed by atoms with Crippen LogP contribution in [0.2, 0.25) is 0 Å². The fourth-order valence-corrected chi connectivity index (χ4v) is 3.99. The van der Waals surface area contributed by atoms with Gasteiger partial charge in [0, 0.05) is 21.8 Å². The number of hydrogen-bond acceptors (Lipinski definition) is 3. The molecule has 1 aromatic rings. The lowest BCUT2D eigenvalue weighted by Crippen LogP contribution is -2.16. The maximum absolute atomic E-state index is 12.3. The van der Waals surface area contributed by atoms with Crippen molar-refractivity contribution in [3.8, 4) is 11.5 Å². The normalized spacial score (nSPS) is 15.0. The van der Waals surface area contributed by atoms with Crippen LogP contribution < -0.4 is 9.47 Å². The van der Waals surface area contributed by atoms with Crippen molar-refractivity contribution < 1.29 is 13.7 Å². The van der Waals surface area contributed by atoms with Crippen LogP contribution in [0.5, 0.6) is 11.5 Å². The molecular formula is C18H29IO3S. The van der Waals surface area contributed by atoms with Crippen molar-refractivity contribution in [2.24, 2.45) is 0 Å². The second kappa shape index (κ2) is 11.3. The predicted molar refractivity (Wildman–Crippen MR) is 108 cm³/mol. The SMILES string of the molecule is CCCCCCCCS(=O)C(C)Cc1ccc2c(c1)OCO2.I. The minimum absolute atomic E-state index is 0. The van der Waals surface area contributed by atoms with Gasteiger partial charge < -0.3 is 9.47 Å². The van der Waals surface area contributed by atoms with E-state index in [1.807, 2.05) is 18.2 Å². The van der Waals surface area contributed by atoms with E-state index in [0.29, 0.717) is 6.79 Å². The molecule has 1 heterocycles. The van der Waals surface area contributed by atoms with Gasteiger partial charge >= 0.3 is 0 Å². The molecule has 0 saturated carbocycles. The summed E-state index contributed by atoms with van der Waals surface area (Å²) in [4.78, 5) is 0. The molecule has 23 heavy (non-hydrogen) atoms. The number of unbranched alkanes of at least 4 members (excludes halogenated alkanes) is 5. The van der Waals surface area contributed by atoms with Crippen molar-refractivity contribution >= 4 is 34.8 Å². The summed E-state index contributed by atoms with van der Waals surface area (Å²) in [5.41, 5.74) is 1.17. The van der Waals surface area contributed by atoms with Gasteiger partial charge in [-0.05, 0) is 30.5 Å². The summed E-state index contributed by atoms with van der Waals surface area (Å²) in [5, 5.41) is 0.191. The fraction of sp³-hybridized carbons (Fsp3) is 0.667. The van der Waals surface area contributed by atoms with Crippen molar-refractivity contribution in [3.63, 3.8) is 0 Å². The Morgan fingerprint density at radius 2 is 1.78 bits per heavy atom. The van der Waals surface area contributed by atoms with E-state index in [-0.39, 0.29) is 29.2 Å². The monoisotopic (exact) mass is 452 g/mol. The molecule has 0 fully saturated rings. The Hall–Kier alpha value is -0.300. The number of fused-ring (bicyclic) bond motifs is 1. The number of halogens is 1. The van der Waals surface area contributed by atoms with E-state index < -0.39 is 10.8 Å². The van der Waals surface area contributed by atoms with Crippen LogP contribution in [-0.4, -0.2) is 22.0 Å². The molecule has 0 aliphatic carbocycles. The summed E-state index contributed by atoms with van der Waals surface area (Å²) < 4.78 is 23.0. The summed E-state index contributed by atoms with van der Waals surface area (Å²) in [7, 11) is -0.743. The summed E-state index contributed by atoms with van der Waals surface area (Å²) in [6.07, 6.45) is 8.32. The maximum atomic E-state index is 12.3. The van der Waals surface area contributed by atoms with Crippen molar-refractivity contribution in [1.29, 1.82) is 0 Å². The van der Waals surface area contributed by atoms with Gasteiger partial charge in [-0.15, -0.1) is 24.0 Å². The Morgan fingerprint density at radius 3 is 2.57 bits per heavy atom. The van der Waals surface area contributed by atoms with E-state index in [2.05, 4.69) is 13.8 Å². The van der Waals surface area contributed by atoms with Gasteiger partial charge in [0.25, 0.3) is 0 Å². The van der Waals surface area contributed by atoms with E-state index in [9.17, 15) is 4.21 Å². The van der Waals surface area contributed by atoms with Gasteiger partial charge in [-0.2, -0.15) is 0 Å². The quantitative estimate of drug-likeness (QED) is 0.367. The molecule has 0 amide bonds. The zero-order chi connectivity index (χ0) is 15.8. The van der Waals surface area contributed by atoms with Gasteiger partial charge in [0.05, 0.1) is 0 Å². The molecule has 0 saturated heterocycles. The minimum Gasteiger partial charge on any atom is -0.454 e. The second-order valence-corrected chi connectivity index (χ2v) is 8.03. The number of benzene rings is 1. The molecule has 2 atom stereocenters. The van der Waals surface area contributed by atoms with Gasteiger partial charge in [0.1, 0.15) is 0 Å². The summed E-state index contributed by atoms with van der Waals surface area (Å²) >= 11 is 0. The second-order valence-electron chi connectivity index (χ2n) is 6.05. The maximum Gasteiger partial charge on any atom is 0.231 e. The van der Waals surface area contributed by atoms with Crippen LogP contribution in [0.4, 0.5) is 0 Å². The minimum atomic E-state index is -0.743. The third kappa shape index (κ3) is 6.99. The first-order valence-electron chi connectivity index (χ1n) is 8.46. The summed E-state index contributed by atoms with van der Waals surface area (Å²) in [6, 6.07) is 6.01. The topological polar surface area (TPSA) is 35.5 Å². The van der Waals surface area contributed by atoms with Gasteiger partial charge in [0.2, 0.25) is 6.79 Å². The number of rotatable bonds is 10. The van der Waals surface area contributed by atoms with Crippen molar-refractivity contribution in [3.05, 3.63) is 23.8 Å². The average molecular weight is 452 g/mol. The molecule has 2 unspecified atom stereocenters. The largest absolute Gasteiger partial charge is 0.454 e. The molecule has 3 nitrogen and oxygen atoms in total. The third-order valence-corrected chi connectivity index (χ3v) is 5.86. The van der Waals surface area contributed by atoms with Gasteiger partial charge in [-0.25, -0.2) is 0 Å². The van der Waals surface area contributed by atoms with Crippen molar-refractivity contribution in [1.82, 2.24) is 0 Å². The third-order valence-electron chi connectivity index (χ3n) is 4.11. The van der Waals surface area contributed by atoms with Gasteiger partial charge in [-0.3, -0.25) is 4.21 Å². The summed E-state index contributed by atoms with van der Waals surface area (Å²) in [6.45, 7) is 4.61. The first-order valence-corrected chi connectivity index (χ1v) is 9.84. The van der Waals surface area contributed by atoms with E-state index in [1.54, 1.807) is 0 Å². The van der Waals surface area contributed by atoms with Crippen LogP contribution in [0.3, 0.4) is 0 Å². The van der Waals surface area contributed by atoms with Crippen molar-refractivity contribution in [2.45, 2.75) is 64.0 Å². The van der Waals surface area contributed by atoms with Crippen LogP contribution in [0.15, 0.2) is 18.2 Å². The highest BCUT2D eigenvalue weighted by Crippen LogP contribution is 2.33. The van der Waals surface area contributed by atoms with E-state index in [4.69, 9.17) is 9.47 Å². The lowest BCUT2D eigenvalue weighted by atomic mass is 10.1. The molecular weight excluding hydrogens is 423 g/mol. The molecule has 0 aromatic heterocycles. The highest BCUT2D eigenvalue weighted by atomic mass is 127. The lowest BCUT2D eigenvalue weighted by Gasteiger charge is -2.12. The molecule has 0 N–H and O–H groups in total. The van der Waals surface area contributed by atoms with E-state index in [1.165, 1.54) is 37.7 Å². The molecule has 1 aliphatic rings. The molecule has 5 heteroatoms. The van der Waals surface area contributed by atoms with Gasteiger partial charge in [0.15, 0.2) is 11.5 Å². The summed E-state index contributed by atoms with van der Waals surface area (Å²) in [5.74, 6) is 2.45. The van der Waals surface area contributed by atoms with Crippen LogP contribution >= 0.6 is 24.0 Å².